The van der Waals surface area contributed by atoms with Gasteiger partial charge in [-0.3, -0.25) is 4.79 Å². The zero-order valence-corrected chi connectivity index (χ0v) is 16.8. The molecule has 1 unspecified atom stereocenters. The number of ether oxygens (including phenoxy) is 1. The molecule has 148 valence electrons. The van der Waals surface area contributed by atoms with Gasteiger partial charge >= 0.3 is 0 Å². The van der Waals surface area contributed by atoms with Crippen LogP contribution in [-0.2, 0) is 19.6 Å². The van der Waals surface area contributed by atoms with Gasteiger partial charge in [0.15, 0.2) is 5.76 Å². The molecule has 0 radical (unpaired) electrons. The SMILES string of the molecule is CCCCOC(C)C(=O)N1CCCN(S(=O)(=O)c2c(C)noc2C)CC1. The Balaban J connectivity index is 2.03. The second-order valence-corrected chi connectivity index (χ2v) is 8.48. The van der Waals surface area contributed by atoms with Crippen LogP contribution in [0.1, 0.15) is 44.6 Å². The van der Waals surface area contributed by atoms with Crippen LogP contribution < -0.4 is 0 Å². The van der Waals surface area contributed by atoms with Gasteiger partial charge in [-0.05, 0) is 33.6 Å². The Morgan fingerprint density at radius 2 is 2.00 bits per heavy atom. The number of carbonyl (C=O) groups excluding carboxylic acids is 1. The minimum absolute atomic E-state index is 0.0855. The summed E-state index contributed by atoms with van der Waals surface area (Å²) < 4.78 is 37.8. The lowest BCUT2D eigenvalue weighted by Gasteiger charge is -2.24. The molecule has 9 heteroatoms. The third-order valence-corrected chi connectivity index (χ3v) is 6.69. The van der Waals surface area contributed by atoms with Crippen molar-refractivity contribution in [2.75, 3.05) is 32.8 Å². The smallest absolute Gasteiger partial charge is 0.251 e. The number of sulfonamides is 1. The quantitative estimate of drug-likeness (QED) is 0.662. The van der Waals surface area contributed by atoms with E-state index in [4.69, 9.17) is 9.26 Å². The molecule has 0 bridgehead atoms. The summed E-state index contributed by atoms with van der Waals surface area (Å²) in [4.78, 5) is 14.4. The lowest BCUT2D eigenvalue weighted by Crippen LogP contribution is -2.42. The van der Waals surface area contributed by atoms with E-state index in [1.165, 1.54) is 4.31 Å². The predicted octanol–water partition coefficient (Wildman–Crippen LogP) is 1.72. The van der Waals surface area contributed by atoms with Gasteiger partial charge in [0.2, 0.25) is 10.0 Å². The Bertz CT molecular complexity index is 696. The van der Waals surface area contributed by atoms with E-state index in [2.05, 4.69) is 12.1 Å². The minimum atomic E-state index is -3.68. The van der Waals surface area contributed by atoms with E-state index in [1.54, 1.807) is 25.7 Å². The number of aromatic nitrogens is 1. The number of hydrogen-bond donors (Lipinski definition) is 0. The Kier molecular flexibility index (Phi) is 7.19. The third-order valence-electron chi connectivity index (χ3n) is 4.55. The number of amides is 1. The van der Waals surface area contributed by atoms with E-state index in [0.29, 0.717) is 38.4 Å². The standard InChI is InChI=1S/C17H29N3O5S/c1-5-6-12-24-15(4)17(21)19-8-7-9-20(11-10-19)26(22,23)16-13(2)18-25-14(16)3/h15H,5-12H2,1-4H3. The fraction of sp³-hybridized carbons (Fsp3) is 0.765. The maximum absolute atomic E-state index is 12.9. The monoisotopic (exact) mass is 387 g/mol. The minimum Gasteiger partial charge on any atom is -0.369 e. The number of aryl methyl sites for hydroxylation is 2. The van der Waals surface area contributed by atoms with Crippen LogP contribution >= 0.6 is 0 Å². The summed E-state index contributed by atoms with van der Waals surface area (Å²) in [7, 11) is -3.68. The average molecular weight is 388 g/mol. The molecule has 2 rings (SSSR count). The van der Waals surface area contributed by atoms with Crippen molar-refractivity contribution in [3.63, 3.8) is 0 Å². The fourth-order valence-corrected chi connectivity index (χ4v) is 4.82. The Hall–Kier alpha value is -1.45. The lowest BCUT2D eigenvalue weighted by molar-refractivity contribution is -0.142. The first-order chi connectivity index (χ1) is 12.3. The summed E-state index contributed by atoms with van der Waals surface area (Å²) in [5.41, 5.74) is 0.359. The van der Waals surface area contributed by atoms with Crippen molar-refractivity contribution in [3.8, 4) is 0 Å². The molecule has 1 saturated heterocycles. The van der Waals surface area contributed by atoms with Crippen LogP contribution in [-0.4, -0.2) is 67.6 Å². The van der Waals surface area contributed by atoms with Gasteiger partial charge in [0.25, 0.3) is 5.91 Å². The summed E-state index contributed by atoms with van der Waals surface area (Å²) in [6.07, 6.45) is 2.00. The molecule has 2 heterocycles. The van der Waals surface area contributed by atoms with Crippen molar-refractivity contribution in [1.29, 1.82) is 0 Å². The van der Waals surface area contributed by atoms with Crippen LogP contribution in [0, 0.1) is 13.8 Å². The highest BCUT2D eigenvalue weighted by Crippen LogP contribution is 2.24. The second kappa shape index (κ2) is 8.96. The van der Waals surface area contributed by atoms with Crippen LogP contribution in [0.5, 0.6) is 0 Å². The van der Waals surface area contributed by atoms with Gasteiger partial charge in [0, 0.05) is 32.8 Å². The molecule has 1 atom stereocenters. The first kappa shape index (κ1) is 20.9. The van der Waals surface area contributed by atoms with Crippen molar-refractivity contribution in [1.82, 2.24) is 14.4 Å². The van der Waals surface area contributed by atoms with Crippen molar-refractivity contribution in [2.24, 2.45) is 0 Å². The molecule has 0 N–H and O–H groups in total. The van der Waals surface area contributed by atoms with E-state index in [0.717, 1.165) is 12.8 Å². The third kappa shape index (κ3) is 4.63. The van der Waals surface area contributed by atoms with Crippen LogP contribution in [0.3, 0.4) is 0 Å². The maximum atomic E-state index is 12.9. The fourth-order valence-electron chi connectivity index (χ4n) is 3.06. The van der Waals surface area contributed by atoms with Gasteiger partial charge in [-0.25, -0.2) is 8.42 Å². The molecule has 0 saturated carbocycles. The highest BCUT2D eigenvalue weighted by Gasteiger charge is 2.33. The van der Waals surface area contributed by atoms with Crippen LogP contribution in [0.2, 0.25) is 0 Å². The van der Waals surface area contributed by atoms with Crippen molar-refractivity contribution >= 4 is 15.9 Å². The largest absolute Gasteiger partial charge is 0.369 e. The van der Waals surface area contributed by atoms with E-state index in [-0.39, 0.29) is 23.1 Å². The molecule has 1 amide bonds. The maximum Gasteiger partial charge on any atom is 0.251 e. The lowest BCUT2D eigenvalue weighted by atomic mass is 10.3. The van der Waals surface area contributed by atoms with Crippen molar-refractivity contribution in [3.05, 3.63) is 11.5 Å². The van der Waals surface area contributed by atoms with E-state index in [9.17, 15) is 13.2 Å². The first-order valence-electron chi connectivity index (χ1n) is 9.12. The molecule has 0 aliphatic carbocycles. The number of hydrogen-bond acceptors (Lipinski definition) is 6. The van der Waals surface area contributed by atoms with Crippen LogP contribution in [0.4, 0.5) is 0 Å². The number of unbranched alkanes of at least 4 members (excludes halogenated alkanes) is 1. The van der Waals surface area contributed by atoms with Crippen molar-refractivity contribution in [2.45, 2.75) is 58.0 Å². The molecule has 0 aromatic carbocycles. The van der Waals surface area contributed by atoms with E-state index in [1.807, 2.05) is 0 Å². The van der Waals surface area contributed by atoms with Gasteiger partial charge in [0.05, 0.1) is 0 Å². The number of nitrogens with zero attached hydrogens (tertiary/aromatic N) is 3. The molecule has 8 nitrogen and oxygen atoms in total. The summed E-state index contributed by atoms with van der Waals surface area (Å²) in [6, 6.07) is 0. The number of rotatable bonds is 7. The molecule has 1 aliphatic heterocycles. The molecule has 26 heavy (non-hydrogen) atoms. The summed E-state index contributed by atoms with van der Waals surface area (Å²) in [5.74, 6) is 0.204. The summed E-state index contributed by atoms with van der Waals surface area (Å²) in [5, 5.41) is 3.74. The topological polar surface area (TPSA) is 93.0 Å². The van der Waals surface area contributed by atoms with Gasteiger partial charge in [0.1, 0.15) is 16.7 Å². The molecule has 0 spiro atoms. The molecule has 1 aromatic heterocycles. The Morgan fingerprint density at radius 3 is 2.62 bits per heavy atom. The molecule has 1 aliphatic rings. The predicted molar refractivity (Wildman–Crippen MR) is 96.3 cm³/mol. The Labute approximate surface area is 155 Å². The molecule has 1 aromatic rings. The second-order valence-electron chi connectivity index (χ2n) is 6.60. The zero-order valence-electron chi connectivity index (χ0n) is 16.0. The van der Waals surface area contributed by atoms with Gasteiger partial charge < -0.3 is 14.2 Å². The average Bonchev–Trinajstić information content (AvgIpc) is 2.80. The van der Waals surface area contributed by atoms with Crippen LogP contribution in [0.15, 0.2) is 9.42 Å². The Morgan fingerprint density at radius 1 is 1.27 bits per heavy atom. The highest BCUT2D eigenvalue weighted by molar-refractivity contribution is 7.89. The van der Waals surface area contributed by atoms with E-state index < -0.39 is 16.1 Å². The first-order valence-corrected chi connectivity index (χ1v) is 10.6. The van der Waals surface area contributed by atoms with E-state index >= 15 is 0 Å². The van der Waals surface area contributed by atoms with Gasteiger partial charge in [-0.15, -0.1) is 0 Å². The van der Waals surface area contributed by atoms with Crippen LogP contribution in [0.25, 0.3) is 0 Å². The molecular weight excluding hydrogens is 358 g/mol. The highest BCUT2D eigenvalue weighted by atomic mass is 32.2. The van der Waals surface area contributed by atoms with Crippen molar-refractivity contribution < 1.29 is 22.5 Å². The zero-order chi connectivity index (χ0) is 19.3. The molecular formula is C17H29N3O5S. The molecule has 1 fully saturated rings. The van der Waals surface area contributed by atoms with Gasteiger partial charge in [-0.2, -0.15) is 4.31 Å². The normalized spacial score (nSPS) is 17.9. The summed E-state index contributed by atoms with van der Waals surface area (Å²) in [6.45, 7) is 9.07. The summed E-state index contributed by atoms with van der Waals surface area (Å²) >= 11 is 0. The number of carbonyl (C=O) groups is 1. The van der Waals surface area contributed by atoms with Gasteiger partial charge in [-0.1, -0.05) is 18.5 Å².